The Bertz CT molecular complexity index is 1300. The molecule has 39 heavy (non-hydrogen) atoms. The number of anilines is 1. The minimum atomic E-state index is -3.78. The molecule has 1 heterocycles. The van der Waals surface area contributed by atoms with Gasteiger partial charge in [-0.15, -0.1) is 0 Å². The van der Waals surface area contributed by atoms with E-state index in [-0.39, 0.29) is 37.1 Å². The second-order valence-corrected chi connectivity index (χ2v) is 12.0. The Hall–Kier alpha value is -2.41. The Morgan fingerprint density at radius 3 is 2.10 bits per heavy atom. The molecule has 0 saturated carbocycles. The predicted molar refractivity (Wildman–Crippen MR) is 157 cm³/mol. The van der Waals surface area contributed by atoms with Crippen LogP contribution in [0.2, 0.25) is 0 Å². The largest absolute Gasteiger partial charge is 0.383 e. The van der Waals surface area contributed by atoms with Gasteiger partial charge in [0.15, 0.2) is 5.13 Å². The first kappa shape index (κ1) is 31.1. The lowest BCUT2D eigenvalue weighted by Gasteiger charge is -2.25. The van der Waals surface area contributed by atoms with Crippen LogP contribution in [0.25, 0.3) is 10.2 Å². The van der Waals surface area contributed by atoms with Gasteiger partial charge in [0, 0.05) is 46.0 Å². The molecule has 9 nitrogen and oxygen atoms in total. The highest BCUT2D eigenvalue weighted by Gasteiger charge is 2.26. The average molecular weight is 577 g/mol. The molecule has 0 aliphatic heterocycles. The summed E-state index contributed by atoms with van der Waals surface area (Å²) in [5, 5.41) is 0.636. The van der Waals surface area contributed by atoms with Crippen LogP contribution in [0.15, 0.2) is 47.4 Å². The van der Waals surface area contributed by atoms with E-state index < -0.39 is 10.0 Å². The number of sulfonamides is 1. The number of methoxy groups -OCH3 is 2. The van der Waals surface area contributed by atoms with Gasteiger partial charge in [-0.25, -0.2) is 13.4 Å². The molecule has 11 heteroatoms. The Balaban J connectivity index is 1.91. The highest BCUT2D eigenvalue weighted by Crippen LogP contribution is 2.31. The molecule has 0 atom stereocenters. The Morgan fingerprint density at radius 1 is 0.897 bits per heavy atom. The molecule has 0 aliphatic carbocycles. The zero-order valence-corrected chi connectivity index (χ0v) is 25.2. The standard InChI is InChI=1S/C28H40N4O5S2/c1-6-22-9-14-25-26(21-22)38-28(29-25)32(16-15-30(7-2)8-3)27(33)23-10-12-24(13-11-23)39(34,35)31(17-19-36-4)18-20-37-5/h9-14,21H,6-8,15-20H2,1-5H3. The van der Waals surface area contributed by atoms with E-state index in [1.807, 2.05) is 6.07 Å². The maximum Gasteiger partial charge on any atom is 0.260 e. The summed E-state index contributed by atoms with van der Waals surface area (Å²) in [6.45, 7) is 10.2. The van der Waals surface area contributed by atoms with Gasteiger partial charge >= 0.3 is 0 Å². The number of thiazole rings is 1. The summed E-state index contributed by atoms with van der Waals surface area (Å²) >= 11 is 1.50. The number of hydrogen-bond donors (Lipinski definition) is 0. The predicted octanol–water partition coefficient (Wildman–Crippen LogP) is 4.13. The molecule has 214 valence electrons. The summed E-state index contributed by atoms with van der Waals surface area (Å²) in [7, 11) is -0.722. The Kier molecular flexibility index (Phi) is 11.8. The number of rotatable bonds is 16. The van der Waals surface area contributed by atoms with Crippen molar-refractivity contribution in [3.63, 3.8) is 0 Å². The van der Waals surface area contributed by atoms with Crippen LogP contribution in [0, 0.1) is 0 Å². The lowest BCUT2D eigenvalue weighted by atomic mass is 10.2. The van der Waals surface area contributed by atoms with Crippen LogP contribution < -0.4 is 4.90 Å². The highest BCUT2D eigenvalue weighted by atomic mass is 32.2. The lowest BCUT2D eigenvalue weighted by molar-refractivity contribution is 0.0983. The van der Waals surface area contributed by atoms with Crippen LogP contribution in [0.1, 0.15) is 36.7 Å². The monoisotopic (exact) mass is 576 g/mol. The maximum atomic E-state index is 13.8. The molecular weight excluding hydrogens is 536 g/mol. The molecule has 0 aliphatic rings. The van der Waals surface area contributed by atoms with Gasteiger partial charge in [0.05, 0.1) is 28.3 Å². The fraction of sp³-hybridized carbons (Fsp3) is 0.500. The first-order chi connectivity index (χ1) is 18.8. The highest BCUT2D eigenvalue weighted by molar-refractivity contribution is 7.89. The van der Waals surface area contributed by atoms with Gasteiger partial charge in [0.2, 0.25) is 10.0 Å². The van der Waals surface area contributed by atoms with Gasteiger partial charge < -0.3 is 14.4 Å². The van der Waals surface area contributed by atoms with Crippen molar-refractivity contribution < 1.29 is 22.7 Å². The van der Waals surface area contributed by atoms with Crippen LogP contribution >= 0.6 is 11.3 Å². The second-order valence-electron chi connectivity index (χ2n) is 9.05. The summed E-state index contributed by atoms with van der Waals surface area (Å²) in [4.78, 5) is 22.7. The molecule has 1 amide bonds. The molecule has 3 rings (SSSR count). The van der Waals surface area contributed by atoms with E-state index in [4.69, 9.17) is 14.5 Å². The molecule has 0 radical (unpaired) electrons. The summed E-state index contributed by atoms with van der Waals surface area (Å²) in [5.41, 5.74) is 2.49. The van der Waals surface area contributed by atoms with Crippen LogP contribution in [0.5, 0.6) is 0 Å². The quantitative estimate of drug-likeness (QED) is 0.253. The van der Waals surface area contributed by atoms with Crippen molar-refractivity contribution in [2.45, 2.75) is 32.1 Å². The van der Waals surface area contributed by atoms with Gasteiger partial charge in [0.25, 0.3) is 5.91 Å². The SMILES string of the molecule is CCc1ccc2nc(N(CCN(CC)CC)C(=O)c3ccc(S(=O)(=O)N(CCOC)CCOC)cc3)sc2c1. The van der Waals surface area contributed by atoms with E-state index in [0.717, 1.165) is 29.7 Å². The summed E-state index contributed by atoms with van der Waals surface area (Å²) in [6, 6.07) is 12.3. The van der Waals surface area contributed by atoms with Gasteiger partial charge in [-0.3, -0.25) is 9.69 Å². The minimum absolute atomic E-state index is 0.119. The number of aryl methyl sites for hydroxylation is 1. The van der Waals surface area contributed by atoms with E-state index in [1.54, 1.807) is 17.0 Å². The van der Waals surface area contributed by atoms with E-state index in [0.29, 0.717) is 23.8 Å². The molecular formula is C28H40N4O5S2. The fourth-order valence-electron chi connectivity index (χ4n) is 4.17. The van der Waals surface area contributed by atoms with Crippen LogP contribution in [-0.4, -0.2) is 95.2 Å². The van der Waals surface area contributed by atoms with Crippen molar-refractivity contribution in [3.05, 3.63) is 53.6 Å². The third-order valence-electron chi connectivity index (χ3n) is 6.69. The number of nitrogens with zero attached hydrogens (tertiary/aromatic N) is 4. The molecule has 0 N–H and O–H groups in total. The van der Waals surface area contributed by atoms with Crippen molar-refractivity contribution in [3.8, 4) is 0 Å². The number of carbonyl (C=O) groups excluding carboxylic acids is 1. The van der Waals surface area contributed by atoms with Gasteiger partial charge in [0.1, 0.15) is 0 Å². The van der Waals surface area contributed by atoms with Crippen molar-refractivity contribution >= 4 is 42.6 Å². The van der Waals surface area contributed by atoms with E-state index in [1.165, 1.54) is 47.6 Å². The number of hydrogen-bond acceptors (Lipinski definition) is 8. The number of ether oxygens (including phenoxy) is 2. The fourth-order valence-corrected chi connectivity index (χ4v) is 6.63. The Morgan fingerprint density at radius 2 is 1.54 bits per heavy atom. The maximum absolute atomic E-state index is 13.8. The first-order valence-corrected chi connectivity index (χ1v) is 15.6. The van der Waals surface area contributed by atoms with Gasteiger partial charge in [-0.2, -0.15) is 4.31 Å². The second kappa shape index (κ2) is 14.8. The number of amides is 1. The molecule has 0 unspecified atom stereocenters. The minimum Gasteiger partial charge on any atom is -0.383 e. The average Bonchev–Trinajstić information content (AvgIpc) is 3.38. The van der Waals surface area contributed by atoms with Gasteiger partial charge in [-0.1, -0.05) is 38.2 Å². The van der Waals surface area contributed by atoms with Crippen LogP contribution in [-0.2, 0) is 25.9 Å². The first-order valence-electron chi connectivity index (χ1n) is 13.3. The molecule has 0 fully saturated rings. The molecule has 1 aromatic heterocycles. The van der Waals surface area contributed by atoms with Crippen LogP contribution in [0.3, 0.4) is 0 Å². The molecule has 0 bridgehead atoms. The van der Waals surface area contributed by atoms with Gasteiger partial charge in [-0.05, 0) is 61.5 Å². The van der Waals surface area contributed by atoms with Crippen molar-refractivity contribution in [1.29, 1.82) is 0 Å². The smallest absolute Gasteiger partial charge is 0.260 e. The number of benzene rings is 2. The molecule has 2 aromatic carbocycles. The summed E-state index contributed by atoms with van der Waals surface area (Å²) in [6.07, 6.45) is 0.928. The van der Waals surface area contributed by atoms with Crippen molar-refractivity contribution in [2.75, 3.05) is 71.6 Å². The summed E-state index contributed by atoms with van der Waals surface area (Å²) in [5.74, 6) is -0.212. The normalized spacial score (nSPS) is 12.1. The molecule has 0 spiro atoms. The third kappa shape index (κ3) is 7.84. The lowest BCUT2D eigenvalue weighted by Crippen LogP contribution is -2.39. The number of carbonyl (C=O) groups is 1. The zero-order valence-electron chi connectivity index (χ0n) is 23.6. The molecule has 3 aromatic rings. The van der Waals surface area contributed by atoms with E-state index in [2.05, 4.69) is 37.8 Å². The van der Waals surface area contributed by atoms with E-state index >= 15 is 0 Å². The topological polar surface area (TPSA) is 92.3 Å². The zero-order chi connectivity index (χ0) is 28.4. The van der Waals surface area contributed by atoms with Crippen molar-refractivity contribution in [2.24, 2.45) is 0 Å². The number of likely N-dealkylation sites (N-methyl/N-ethyl adjacent to an activating group) is 1. The number of fused-ring (bicyclic) bond motifs is 1. The summed E-state index contributed by atoms with van der Waals surface area (Å²) < 4.78 is 39.1. The van der Waals surface area contributed by atoms with Crippen molar-refractivity contribution in [1.82, 2.24) is 14.2 Å². The molecule has 0 saturated heterocycles. The third-order valence-corrected chi connectivity index (χ3v) is 9.64. The van der Waals surface area contributed by atoms with E-state index in [9.17, 15) is 13.2 Å². The number of aromatic nitrogens is 1. The Labute approximate surface area is 236 Å². The van der Waals surface area contributed by atoms with Crippen LogP contribution in [0.4, 0.5) is 5.13 Å².